The molecule has 0 saturated heterocycles. The molecule has 2 atom stereocenters. The van der Waals surface area contributed by atoms with Crippen LogP contribution in [-0.4, -0.2) is 43.4 Å². The number of nitrogens with zero attached hydrogens (tertiary/aromatic N) is 1. The molecule has 1 aliphatic rings. The van der Waals surface area contributed by atoms with Gasteiger partial charge in [0.25, 0.3) is 0 Å². The van der Waals surface area contributed by atoms with E-state index < -0.39 is 5.41 Å². The van der Waals surface area contributed by atoms with Crippen LogP contribution in [0.1, 0.15) is 26.2 Å². The van der Waals surface area contributed by atoms with E-state index in [1.54, 1.807) is 14.1 Å². The molecule has 5 nitrogen and oxygen atoms in total. The third kappa shape index (κ3) is 2.52. The molecule has 0 aromatic rings. The van der Waals surface area contributed by atoms with Gasteiger partial charge < -0.3 is 16.0 Å². The number of hydrogen-bond donors (Lipinski definition) is 2. The Balaban J connectivity index is 2.49. The number of nitrogens with two attached hydrogens (primary N) is 1. The SMILES string of the molecule is CN(C)C(=O)CNC(=O)C1(C)CCCC1N. The Kier molecular flexibility index (Phi) is 3.91. The van der Waals surface area contributed by atoms with E-state index in [2.05, 4.69) is 5.32 Å². The molecule has 1 rings (SSSR count). The summed E-state index contributed by atoms with van der Waals surface area (Å²) in [6.45, 7) is 1.92. The molecule has 0 bridgehead atoms. The fourth-order valence-electron chi connectivity index (χ4n) is 1.99. The Hall–Kier alpha value is -1.10. The summed E-state index contributed by atoms with van der Waals surface area (Å²) >= 11 is 0. The average Bonchev–Trinajstić information content (AvgIpc) is 2.56. The smallest absolute Gasteiger partial charge is 0.241 e. The second kappa shape index (κ2) is 4.82. The molecule has 1 aliphatic carbocycles. The highest BCUT2D eigenvalue weighted by atomic mass is 16.2. The van der Waals surface area contributed by atoms with E-state index in [0.717, 1.165) is 19.3 Å². The molecular formula is C11H21N3O2. The molecule has 1 saturated carbocycles. The summed E-state index contributed by atoms with van der Waals surface area (Å²) < 4.78 is 0. The van der Waals surface area contributed by atoms with Gasteiger partial charge in [-0.15, -0.1) is 0 Å². The molecule has 0 aromatic heterocycles. The number of nitrogens with one attached hydrogen (secondary N) is 1. The summed E-state index contributed by atoms with van der Waals surface area (Å²) in [5.74, 6) is -0.212. The van der Waals surface area contributed by atoms with Crippen molar-refractivity contribution in [1.29, 1.82) is 0 Å². The topological polar surface area (TPSA) is 75.4 Å². The third-order valence-electron chi connectivity index (χ3n) is 3.45. The number of carbonyl (C=O) groups is 2. The van der Waals surface area contributed by atoms with Gasteiger partial charge in [-0.1, -0.05) is 6.42 Å². The Labute approximate surface area is 96.4 Å². The minimum atomic E-state index is -0.507. The minimum Gasteiger partial charge on any atom is -0.347 e. The Morgan fingerprint density at radius 1 is 1.50 bits per heavy atom. The standard InChI is InChI=1S/C11H21N3O2/c1-11(6-4-5-8(11)12)10(16)13-7-9(15)14(2)3/h8H,4-7,12H2,1-3H3,(H,13,16). The fourth-order valence-corrected chi connectivity index (χ4v) is 1.99. The zero-order chi connectivity index (χ0) is 12.3. The summed E-state index contributed by atoms with van der Waals surface area (Å²) in [4.78, 5) is 24.7. The van der Waals surface area contributed by atoms with Crippen LogP contribution in [0.15, 0.2) is 0 Å². The van der Waals surface area contributed by atoms with Gasteiger partial charge in [-0.25, -0.2) is 0 Å². The van der Waals surface area contributed by atoms with Gasteiger partial charge in [0.05, 0.1) is 12.0 Å². The molecule has 2 unspecified atom stereocenters. The molecule has 0 radical (unpaired) electrons. The Morgan fingerprint density at radius 3 is 2.56 bits per heavy atom. The highest BCUT2D eigenvalue weighted by Crippen LogP contribution is 2.36. The minimum absolute atomic E-state index is 0.0497. The molecular weight excluding hydrogens is 206 g/mol. The van der Waals surface area contributed by atoms with Crippen LogP contribution < -0.4 is 11.1 Å². The molecule has 3 N–H and O–H groups in total. The van der Waals surface area contributed by atoms with Crippen LogP contribution in [-0.2, 0) is 9.59 Å². The first-order valence-electron chi connectivity index (χ1n) is 5.62. The number of amides is 2. The van der Waals surface area contributed by atoms with Gasteiger partial charge in [-0.2, -0.15) is 0 Å². The summed E-state index contributed by atoms with van der Waals surface area (Å²) in [5, 5.41) is 2.67. The van der Waals surface area contributed by atoms with Crippen LogP contribution in [0.3, 0.4) is 0 Å². The van der Waals surface area contributed by atoms with Crippen molar-refractivity contribution in [3.63, 3.8) is 0 Å². The second-order valence-corrected chi connectivity index (χ2v) is 4.89. The van der Waals surface area contributed by atoms with E-state index in [9.17, 15) is 9.59 Å². The average molecular weight is 227 g/mol. The van der Waals surface area contributed by atoms with E-state index in [-0.39, 0.29) is 24.4 Å². The zero-order valence-electron chi connectivity index (χ0n) is 10.2. The van der Waals surface area contributed by atoms with Gasteiger partial charge >= 0.3 is 0 Å². The first-order chi connectivity index (χ1) is 7.38. The van der Waals surface area contributed by atoms with Crippen molar-refractivity contribution in [3.05, 3.63) is 0 Å². The maximum Gasteiger partial charge on any atom is 0.241 e. The van der Waals surface area contributed by atoms with Crippen molar-refractivity contribution in [2.45, 2.75) is 32.2 Å². The monoisotopic (exact) mass is 227 g/mol. The number of likely N-dealkylation sites (N-methyl/N-ethyl adjacent to an activating group) is 1. The van der Waals surface area contributed by atoms with Gasteiger partial charge in [0.2, 0.25) is 11.8 Å². The van der Waals surface area contributed by atoms with Crippen LogP contribution in [0.2, 0.25) is 0 Å². The lowest BCUT2D eigenvalue weighted by Crippen LogP contribution is -2.49. The molecule has 5 heteroatoms. The molecule has 0 spiro atoms. The second-order valence-electron chi connectivity index (χ2n) is 4.89. The van der Waals surface area contributed by atoms with Crippen LogP contribution in [0.5, 0.6) is 0 Å². The van der Waals surface area contributed by atoms with Gasteiger partial charge in [-0.3, -0.25) is 9.59 Å². The van der Waals surface area contributed by atoms with Crippen LogP contribution >= 0.6 is 0 Å². The maximum absolute atomic E-state index is 11.9. The van der Waals surface area contributed by atoms with E-state index >= 15 is 0 Å². The molecule has 0 aromatic carbocycles. The lowest BCUT2D eigenvalue weighted by atomic mass is 9.84. The highest BCUT2D eigenvalue weighted by molar-refractivity contribution is 5.88. The van der Waals surface area contributed by atoms with Crippen molar-refractivity contribution in [2.75, 3.05) is 20.6 Å². The Bertz CT molecular complexity index is 291. The van der Waals surface area contributed by atoms with Crippen molar-refractivity contribution < 1.29 is 9.59 Å². The van der Waals surface area contributed by atoms with E-state index in [0.29, 0.717) is 0 Å². The molecule has 16 heavy (non-hydrogen) atoms. The summed E-state index contributed by atoms with van der Waals surface area (Å²) in [7, 11) is 3.33. The Morgan fingerprint density at radius 2 is 2.12 bits per heavy atom. The van der Waals surface area contributed by atoms with Crippen LogP contribution in [0.25, 0.3) is 0 Å². The first kappa shape index (κ1) is 13.0. The van der Waals surface area contributed by atoms with Gasteiger partial charge in [-0.05, 0) is 19.8 Å². The van der Waals surface area contributed by atoms with Crippen molar-refractivity contribution in [1.82, 2.24) is 10.2 Å². The third-order valence-corrected chi connectivity index (χ3v) is 3.45. The summed E-state index contributed by atoms with van der Waals surface area (Å²) in [5.41, 5.74) is 5.42. The van der Waals surface area contributed by atoms with Crippen LogP contribution in [0, 0.1) is 5.41 Å². The zero-order valence-corrected chi connectivity index (χ0v) is 10.2. The van der Waals surface area contributed by atoms with E-state index in [1.165, 1.54) is 4.90 Å². The first-order valence-corrected chi connectivity index (χ1v) is 5.62. The number of rotatable bonds is 3. The highest BCUT2D eigenvalue weighted by Gasteiger charge is 2.42. The predicted molar refractivity (Wildman–Crippen MR) is 61.6 cm³/mol. The lowest BCUT2D eigenvalue weighted by Gasteiger charge is -2.27. The quantitative estimate of drug-likeness (QED) is 0.695. The van der Waals surface area contributed by atoms with Gasteiger partial charge in [0.1, 0.15) is 0 Å². The maximum atomic E-state index is 11.9. The summed E-state index contributed by atoms with van der Waals surface area (Å²) in [6, 6.07) is -0.0954. The summed E-state index contributed by atoms with van der Waals surface area (Å²) in [6.07, 6.45) is 2.66. The van der Waals surface area contributed by atoms with Crippen LogP contribution in [0.4, 0.5) is 0 Å². The number of carbonyl (C=O) groups excluding carboxylic acids is 2. The molecule has 0 aliphatic heterocycles. The van der Waals surface area contributed by atoms with Crippen molar-refractivity contribution in [2.24, 2.45) is 11.1 Å². The van der Waals surface area contributed by atoms with Crippen molar-refractivity contribution in [3.8, 4) is 0 Å². The molecule has 1 fully saturated rings. The van der Waals surface area contributed by atoms with Gasteiger partial charge in [0.15, 0.2) is 0 Å². The van der Waals surface area contributed by atoms with E-state index in [4.69, 9.17) is 5.73 Å². The number of hydrogen-bond acceptors (Lipinski definition) is 3. The van der Waals surface area contributed by atoms with E-state index in [1.807, 2.05) is 6.92 Å². The molecule has 92 valence electrons. The lowest BCUT2D eigenvalue weighted by molar-refractivity contribution is -0.135. The van der Waals surface area contributed by atoms with Gasteiger partial charge in [0, 0.05) is 20.1 Å². The predicted octanol–water partition coefficient (Wildman–Crippen LogP) is -0.292. The largest absolute Gasteiger partial charge is 0.347 e. The normalized spacial score (nSPS) is 28.9. The van der Waals surface area contributed by atoms with Crippen molar-refractivity contribution >= 4 is 11.8 Å². The molecule has 0 heterocycles. The fraction of sp³-hybridized carbons (Fsp3) is 0.818. The molecule has 2 amide bonds.